The van der Waals surface area contributed by atoms with E-state index in [4.69, 9.17) is 0 Å². The van der Waals surface area contributed by atoms with Gasteiger partial charge in [0.15, 0.2) is 0 Å². The van der Waals surface area contributed by atoms with Gasteiger partial charge in [0.05, 0.1) is 0 Å². The van der Waals surface area contributed by atoms with Crippen molar-refractivity contribution in [3.63, 3.8) is 0 Å². The Hall–Kier alpha value is -1.06. The van der Waals surface area contributed by atoms with Gasteiger partial charge in [0.2, 0.25) is 5.91 Å². The molecule has 0 aromatic heterocycles. The van der Waals surface area contributed by atoms with Crippen molar-refractivity contribution in [2.24, 2.45) is 5.41 Å². The molecule has 0 radical (unpaired) electrons. The van der Waals surface area contributed by atoms with Crippen LogP contribution in [0.2, 0.25) is 0 Å². The van der Waals surface area contributed by atoms with E-state index in [1.54, 1.807) is 11.9 Å². The minimum absolute atomic E-state index is 0.159. The summed E-state index contributed by atoms with van der Waals surface area (Å²) in [5.74, 6) is -1.09. The zero-order chi connectivity index (χ0) is 13.2. The van der Waals surface area contributed by atoms with E-state index >= 15 is 0 Å². The number of aliphatic carboxylic acids is 1. The van der Waals surface area contributed by atoms with E-state index in [9.17, 15) is 14.7 Å². The summed E-state index contributed by atoms with van der Waals surface area (Å²) >= 11 is 0. The molecule has 1 amide bonds. The Labute approximate surface area is 108 Å². The number of hydrogen-bond acceptors (Lipinski definition) is 2. The highest BCUT2D eigenvalue weighted by Gasteiger charge is 2.53. The van der Waals surface area contributed by atoms with Crippen molar-refractivity contribution in [3.8, 4) is 0 Å². The van der Waals surface area contributed by atoms with E-state index in [2.05, 4.69) is 0 Å². The van der Waals surface area contributed by atoms with Gasteiger partial charge in [-0.25, -0.2) is 0 Å². The number of carboxylic acids is 1. The van der Waals surface area contributed by atoms with Crippen molar-refractivity contribution < 1.29 is 14.7 Å². The summed E-state index contributed by atoms with van der Waals surface area (Å²) in [6, 6.07) is 0.247. The summed E-state index contributed by atoms with van der Waals surface area (Å²) in [7, 11) is 1.79. The lowest BCUT2D eigenvalue weighted by molar-refractivity contribution is -0.168. The van der Waals surface area contributed by atoms with E-state index < -0.39 is 11.4 Å². The topological polar surface area (TPSA) is 57.6 Å². The number of carboxylic acid groups (broad SMARTS) is 1. The molecule has 2 fully saturated rings. The summed E-state index contributed by atoms with van der Waals surface area (Å²) in [6.45, 7) is 0. The Balaban J connectivity index is 2.05. The average Bonchev–Trinajstić information content (AvgIpc) is 2.54. The Bertz CT molecular complexity index is 328. The second kappa shape index (κ2) is 5.29. The summed E-state index contributed by atoms with van der Waals surface area (Å²) < 4.78 is 0. The molecule has 2 rings (SSSR count). The van der Waals surface area contributed by atoms with Crippen LogP contribution in [0, 0.1) is 5.41 Å². The highest BCUT2D eigenvalue weighted by Crippen LogP contribution is 2.43. The third-order valence-corrected chi connectivity index (χ3v) is 4.72. The van der Waals surface area contributed by atoms with Gasteiger partial charge in [0.25, 0.3) is 0 Å². The summed E-state index contributed by atoms with van der Waals surface area (Å²) in [6.07, 6.45) is 8.72. The van der Waals surface area contributed by atoms with Gasteiger partial charge in [-0.15, -0.1) is 0 Å². The Kier molecular flexibility index (Phi) is 3.93. The molecular formula is C14H23NO3. The lowest BCUT2D eigenvalue weighted by Gasteiger charge is -2.41. The highest BCUT2D eigenvalue weighted by molar-refractivity contribution is 6.02. The second-order valence-corrected chi connectivity index (χ2v) is 5.80. The predicted octanol–water partition coefficient (Wildman–Crippen LogP) is 2.42. The number of rotatable bonds is 3. The van der Waals surface area contributed by atoms with Crippen LogP contribution in [0.3, 0.4) is 0 Å². The molecule has 0 unspecified atom stereocenters. The van der Waals surface area contributed by atoms with Crippen molar-refractivity contribution >= 4 is 11.9 Å². The summed E-state index contributed by atoms with van der Waals surface area (Å²) in [5, 5.41) is 9.31. The largest absolute Gasteiger partial charge is 0.480 e. The molecule has 0 spiro atoms. The normalized spacial score (nSPS) is 23.8. The van der Waals surface area contributed by atoms with E-state index in [0.717, 1.165) is 32.1 Å². The van der Waals surface area contributed by atoms with Crippen LogP contribution >= 0.6 is 0 Å². The quantitative estimate of drug-likeness (QED) is 0.620. The molecular weight excluding hydrogens is 230 g/mol. The number of carbonyl (C=O) groups excluding carboxylic acids is 1. The van der Waals surface area contributed by atoms with Crippen molar-refractivity contribution in [2.45, 2.75) is 63.8 Å². The predicted molar refractivity (Wildman–Crippen MR) is 68.2 cm³/mol. The van der Waals surface area contributed by atoms with Crippen LogP contribution in [-0.4, -0.2) is 35.0 Å². The molecule has 4 heteroatoms. The lowest BCUT2D eigenvalue weighted by atomic mass is 9.67. The van der Waals surface area contributed by atoms with Crippen LogP contribution in [0.15, 0.2) is 0 Å². The van der Waals surface area contributed by atoms with Crippen molar-refractivity contribution in [1.82, 2.24) is 4.90 Å². The summed E-state index contributed by atoms with van der Waals surface area (Å²) in [5.41, 5.74) is -1.10. The van der Waals surface area contributed by atoms with Crippen LogP contribution in [-0.2, 0) is 9.59 Å². The van der Waals surface area contributed by atoms with E-state index in [0.29, 0.717) is 12.8 Å². The SMILES string of the molecule is CN(C(=O)C1(C(=O)O)CCC1)C1CCCCCC1. The van der Waals surface area contributed by atoms with Gasteiger partial charge in [0, 0.05) is 13.1 Å². The molecule has 2 saturated carbocycles. The van der Waals surface area contributed by atoms with Crippen LogP contribution in [0.5, 0.6) is 0 Å². The van der Waals surface area contributed by atoms with Gasteiger partial charge in [-0.1, -0.05) is 32.1 Å². The Morgan fingerprint density at radius 1 is 1.06 bits per heavy atom. The number of carbonyl (C=O) groups is 2. The third kappa shape index (κ3) is 2.25. The Morgan fingerprint density at radius 2 is 1.61 bits per heavy atom. The monoisotopic (exact) mass is 253 g/mol. The van der Waals surface area contributed by atoms with Crippen LogP contribution in [0.1, 0.15) is 57.8 Å². The van der Waals surface area contributed by atoms with Gasteiger partial charge >= 0.3 is 5.97 Å². The molecule has 4 nitrogen and oxygen atoms in total. The van der Waals surface area contributed by atoms with E-state index in [-0.39, 0.29) is 11.9 Å². The molecule has 2 aliphatic rings. The van der Waals surface area contributed by atoms with Gasteiger partial charge in [-0.05, 0) is 25.7 Å². The number of amides is 1. The molecule has 1 N–H and O–H groups in total. The first kappa shape index (κ1) is 13.4. The van der Waals surface area contributed by atoms with Crippen LogP contribution in [0.25, 0.3) is 0 Å². The molecule has 0 saturated heterocycles. The maximum atomic E-state index is 12.4. The third-order valence-electron chi connectivity index (χ3n) is 4.72. The maximum Gasteiger partial charge on any atom is 0.319 e. The van der Waals surface area contributed by atoms with E-state index in [1.165, 1.54) is 12.8 Å². The van der Waals surface area contributed by atoms with Crippen molar-refractivity contribution in [3.05, 3.63) is 0 Å². The van der Waals surface area contributed by atoms with Gasteiger partial charge in [-0.2, -0.15) is 0 Å². The molecule has 0 aromatic rings. The lowest BCUT2D eigenvalue weighted by Crippen LogP contribution is -2.53. The van der Waals surface area contributed by atoms with Crippen molar-refractivity contribution in [1.29, 1.82) is 0 Å². The van der Waals surface area contributed by atoms with Crippen molar-refractivity contribution in [2.75, 3.05) is 7.05 Å². The van der Waals surface area contributed by atoms with Gasteiger partial charge in [0.1, 0.15) is 5.41 Å². The zero-order valence-corrected chi connectivity index (χ0v) is 11.2. The Morgan fingerprint density at radius 3 is 2.00 bits per heavy atom. The standard InChI is InChI=1S/C14H23NO3/c1-15(11-7-4-2-3-5-8-11)12(16)14(13(17)18)9-6-10-14/h11H,2-10H2,1H3,(H,17,18). The molecule has 0 aromatic carbocycles. The minimum atomic E-state index is -1.10. The molecule has 18 heavy (non-hydrogen) atoms. The fourth-order valence-electron chi connectivity index (χ4n) is 3.20. The summed E-state index contributed by atoms with van der Waals surface area (Å²) in [4.78, 5) is 25.5. The molecule has 0 aliphatic heterocycles. The molecule has 0 bridgehead atoms. The van der Waals surface area contributed by atoms with E-state index in [1.807, 2.05) is 0 Å². The van der Waals surface area contributed by atoms with Crippen LogP contribution in [0.4, 0.5) is 0 Å². The molecule has 2 aliphatic carbocycles. The first-order valence-corrected chi connectivity index (χ1v) is 7.08. The number of nitrogens with zero attached hydrogens (tertiary/aromatic N) is 1. The average molecular weight is 253 g/mol. The van der Waals surface area contributed by atoms with Gasteiger partial charge < -0.3 is 10.0 Å². The molecule has 102 valence electrons. The first-order valence-electron chi connectivity index (χ1n) is 7.08. The zero-order valence-electron chi connectivity index (χ0n) is 11.2. The fourth-order valence-corrected chi connectivity index (χ4v) is 3.20. The highest BCUT2D eigenvalue weighted by atomic mass is 16.4. The minimum Gasteiger partial charge on any atom is -0.480 e. The van der Waals surface area contributed by atoms with Gasteiger partial charge in [-0.3, -0.25) is 9.59 Å². The number of hydrogen-bond donors (Lipinski definition) is 1. The molecule has 0 heterocycles. The smallest absolute Gasteiger partial charge is 0.319 e. The first-order chi connectivity index (χ1) is 8.58. The van der Waals surface area contributed by atoms with Crippen LogP contribution < -0.4 is 0 Å². The second-order valence-electron chi connectivity index (χ2n) is 5.80. The molecule has 0 atom stereocenters. The fraction of sp³-hybridized carbons (Fsp3) is 0.857. The maximum absolute atomic E-state index is 12.4.